The molecule has 1 saturated heterocycles. The van der Waals surface area contributed by atoms with Crippen molar-refractivity contribution in [3.8, 4) is 0 Å². The van der Waals surface area contributed by atoms with Crippen LogP contribution in [0, 0.1) is 5.92 Å². The lowest BCUT2D eigenvalue weighted by atomic mass is 9.99. The summed E-state index contributed by atoms with van der Waals surface area (Å²) in [6.07, 6.45) is 3.78. The Morgan fingerprint density at radius 2 is 2.20 bits per heavy atom. The van der Waals surface area contributed by atoms with Crippen molar-refractivity contribution in [2.45, 2.75) is 45.1 Å². The van der Waals surface area contributed by atoms with E-state index in [1.165, 1.54) is 12.8 Å². The van der Waals surface area contributed by atoms with Gasteiger partial charge < -0.3 is 20.6 Å². The summed E-state index contributed by atoms with van der Waals surface area (Å²) in [5.41, 5.74) is 0. The molecule has 6 heteroatoms. The van der Waals surface area contributed by atoms with E-state index in [1.54, 1.807) is 0 Å². The van der Waals surface area contributed by atoms with Crippen molar-refractivity contribution in [2.24, 2.45) is 5.92 Å². The van der Waals surface area contributed by atoms with Gasteiger partial charge in [-0.25, -0.2) is 4.79 Å². The number of nitrogens with zero attached hydrogens (tertiary/aromatic N) is 1. The van der Waals surface area contributed by atoms with Crippen LogP contribution in [-0.4, -0.2) is 54.7 Å². The molecule has 20 heavy (non-hydrogen) atoms. The molecule has 0 aliphatic carbocycles. The third-order valence-corrected chi connectivity index (χ3v) is 3.68. The number of aliphatic carboxylic acids is 1. The molecule has 0 aromatic carbocycles. The Kier molecular flexibility index (Phi) is 7.36. The fourth-order valence-corrected chi connectivity index (χ4v) is 2.58. The lowest BCUT2D eigenvalue weighted by Gasteiger charge is -2.29. The topological polar surface area (TPSA) is 81.7 Å². The molecule has 0 radical (unpaired) electrons. The number of carboxylic acids is 1. The number of carbonyl (C=O) groups is 2. The number of carbonyl (C=O) groups excluding carboxylic acids is 1. The largest absolute Gasteiger partial charge is 0.481 e. The first kappa shape index (κ1) is 16.8. The molecular weight excluding hydrogens is 258 g/mol. The van der Waals surface area contributed by atoms with Gasteiger partial charge in [-0.3, -0.25) is 4.79 Å². The minimum atomic E-state index is -0.789. The van der Waals surface area contributed by atoms with Crippen LogP contribution in [0.2, 0.25) is 0 Å². The molecule has 0 aromatic heterocycles. The molecule has 2 atom stereocenters. The second-order valence-corrected chi connectivity index (χ2v) is 5.81. The van der Waals surface area contributed by atoms with E-state index < -0.39 is 5.97 Å². The molecule has 0 spiro atoms. The minimum Gasteiger partial charge on any atom is -0.481 e. The number of carboxylic acid groups (broad SMARTS) is 1. The molecule has 2 unspecified atom stereocenters. The summed E-state index contributed by atoms with van der Waals surface area (Å²) in [5.74, 6) is -0.259. The standard InChI is InChI=1S/C14H27N3O3/c1-11(5-3-7-13(18)19)16-14(20)15-9-12-6-4-8-17(2)10-12/h11-12H,3-10H2,1-2H3,(H,18,19)(H2,15,16,20). The van der Waals surface area contributed by atoms with Crippen LogP contribution in [-0.2, 0) is 4.79 Å². The quantitative estimate of drug-likeness (QED) is 0.658. The van der Waals surface area contributed by atoms with Crippen LogP contribution in [0.4, 0.5) is 4.79 Å². The summed E-state index contributed by atoms with van der Waals surface area (Å²) in [4.78, 5) is 24.4. The minimum absolute atomic E-state index is 0.00313. The predicted octanol–water partition coefficient (Wildman–Crippen LogP) is 1.27. The molecule has 6 nitrogen and oxygen atoms in total. The van der Waals surface area contributed by atoms with Crippen molar-refractivity contribution in [3.63, 3.8) is 0 Å². The molecule has 2 amide bonds. The van der Waals surface area contributed by atoms with Gasteiger partial charge in [0.1, 0.15) is 0 Å². The summed E-state index contributed by atoms with van der Waals surface area (Å²) in [5, 5.41) is 14.3. The Balaban J connectivity index is 2.11. The molecule has 0 bridgehead atoms. The molecule has 1 heterocycles. The number of rotatable bonds is 7. The van der Waals surface area contributed by atoms with Gasteiger partial charge in [0.2, 0.25) is 0 Å². The van der Waals surface area contributed by atoms with Crippen molar-refractivity contribution < 1.29 is 14.7 Å². The lowest BCUT2D eigenvalue weighted by molar-refractivity contribution is -0.137. The van der Waals surface area contributed by atoms with Crippen LogP contribution >= 0.6 is 0 Å². The second-order valence-electron chi connectivity index (χ2n) is 5.81. The number of hydrogen-bond acceptors (Lipinski definition) is 3. The van der Waals surface area contributed by atoms with Crippen LogP contribution in [0.15, 0.2) is 0 Å². The summed E-state index contributed by atoms with van der Waals surface area (Å²) < 4.78 is 0. The van der Waals surface area contributed by atoms with E-state index in [0.717, 1.165) is 13.1 Å². The SMILES string of the molecule is CC(CCCC(=O)O)NC(=O)NCC1CCCN(C)C1. The van der Waals surface area contributed by atoms with Gasteiger partial charge in [-0.05, 0) is 52.1 Å². The van der Waals surface area contributed by atoms with Gasteiger partial charge in [0.15, 0.2) is 0 Å². The van der Waals surface area contributed by atoms with Crippen molar-refractivity contribution in [3.05, 3.63) is 0 Å². The van der Waals surface area contributed by atoms with E-state index >= 15 is 0 Å². The maximum atomic E-state index is 11.7. The van der Waals surface area contributed by atoms with E-state index in [4.69, 9.17) is 5.11 Å². The number of amides is 2. The van der Waals surface area contributed by atoms with Crippen LogP contribution in [0.1, 0.15) is 39.0 Å². The highest BCUT2D eigenvalue weighted by Gasteiger charge is 2.17. The molecule has 1 rings (SSSR count). The fourth-order valence-electron chi connectivity index (χ4n) is 2.58. The van der Waals surface area contributed by atoms with Gasteiger partial charge in [0.25, 0.3) is 0 Å². The van der Waals surface area contributed by atoms with Crippen molar-refractivity contribution in [1.29, 1.82) is 0 Å². The fraction of sp³-hybridized carbons (Fsp3) is 0.857. The summed E-state index contributed by atoms with van der Waals surface area (Å²) in [6.45, 7) is 4.78. The van der Waals surface area contributed by atoms with Crippen LogP contribution < -0.4 is 10.6 Å². The number of urea groups is 1. The van der Waals surface area contributed by atoms with Gasteiger partial charge in [0, 0.05) is 25.6 Å². The lowest BCUT2D eigenvalue weighted by Crippen LogP contribution is -2.45. The third kappa shape index (κ3) is 7.33. The molecule has 3 N–H and O–H groups in total. The number of nitrogens with one attached hydrogen (secondary N) is 2. The first-order valence-electron chi connectivity index (χ1n) is 7.42. The Morgan fingerprint density at radius 1 is 1.45 bits per heavy atom. The van der Waals surface area contributed by atoms with Crippen LogP contribution in [0.3, 0.4) is 0 Å². The number of likely N-dealkylation sites (tertiary alicyclic amines) is 1. The highest BCUT2D eigenvalue weighted by Crippen LogP contribution is 2.13. The van der Waals surface area contributed by atoms with E-state index in [0.29, 0.717) is 25.3 Å². The highest BCUT2D eigenvalue weighted by molar-refractivity contribution is 5.74. The molecule has 0 aromatic rings. The van der Waals surface area contributed by atoms with Gasteiger partial charge >= 0.3 is 12.0 Å². The zero-order valence-corrected chi connectivity index (χ0v) is 12.5. The highest BCUT2D eigenvalue weighted by atomic mass is 16.4. The molecular formula is C14H27N3O3. The predicted molar refractivity (Wildman–Crippen MR) is 77.7 cm³/mol. The second kappa shape index (κ2) is 8.79. The zero-order chi connectivity index (χ0) is 15.0. The average molecular weight is 285 g/mol. The Labute approximate surface area is 120 Å². The third-order valence-electron chi connectivity index (χ3n) is 3.68. The first-order valence-corrected chi connectivity index (χ1v) is 7.42. The Morgan fingerprint density at radius 3 is 2.85 bits per heavy atom. The first-order chi connectivity index (χ1) is 9.47. The molecule has 0 saturated carbocycles. The molecule has 1 fully saturated rings. The van der Waals surface area contributed by atoms with Gasteiger partial charge in [-0.15, -0.1) is 0 Å². The zero-order valence-electron chi connectivity index (χ0n) is 12.5. The van der Waals surface area contributed by atoms with E-state index in [1.807, 2.05) is 6.92 Å². The van der Waals surface area contributed by atoms with Crippen molar-refractivity contribution >= 4 is 12.0 Å². The Bertz CT molecular complexity index is 323. The van der Waals surface area contributed by atoms with Gasteiger partial charge in [0.05, 0.1) is 0 Å². The monoisotopic (exact) mass is 285 g/mol. The van der Waals surface area contributed by atoms with E-state index in [2.05, 4.69) is 22.6 Å². The van der Waals surface area contributed by atoms with E-state index in [9.17, 15) is 9.59 Å². The summed E-state index contributed by atoms with van der Waals surface area (Å²) >= 11 is 0. The van der Waals surface area contributed by atoms with E-state index in [-0.39, 0.29) is 18.5 Å². The van der Waals surface area contributed by atoms with Crippen molar-refractivity contribution in [2.75, 3.05) is 26.7 Å². The maximum absolute atomic E-state index is 11.7. The molecule has 116 valence electrons. The number of piperidine rings is 1. The van der Waals surface area contributed by atoms with Crippen LogP contribution in [0.25, 0.3) is 0 Å². The van der Waals surface area contributed by atoms with Crippen molar-refractivity contribution in [1.82, 2.24) is 15.5 Å². The number of hydrogen-bond donors (Lipinski definition) is 3. The molecule has 1 aliphatic heterocycles. The van der Waals surface area contributed by atoms with Crippen LogP contribution in [0.5, 0.6) is 0 Å². The summed E-state index contributed by atoms with van der Waals surface area (Å²) in [7, 11) is 2.11. The maximum Gasteiger partial charge on any atom is 0.315 e. The smallest absolute Gasteiger partial charge is 0.315 e. The molecule has 1 aliphatic rings. The normalized spacial score (nSPS) is 21.2. The van der Waals surface area contributed by atoms with Gasteiger partial charge in [-0.1, -0.05) is 0 Å². The summed E-state index contributed by atoms with van der Waals surface area (Å²) in [6, 6.07) is -0.149. The Hall–Kier alpha value is -1.30. The van der Waals surface area contributed by atoms with Gasteiger partial charge in [-0.2, -0.15) is 0 Å². The average Bonchev–Trinajstić information content (AvgIpc) is 2.36.